The topological polar surface area (TPSA) is 61.0 Å². The SMILES string of the molecule is O=C1c2ccccc2NC(c2cn[nH]c2-c2cccs2)N1c1ccccc1. The number of benzene rings is 2. The lowest BCUT2D eigenvalue weighted by Gasteiger charge is -2.37. The van der Waals surface area contributed by atoms with E-state index >= 15 is 0 Å². The summed E-state index contributed by atoms with van der Waals surface area (Å²) in [6.45, 7) is 0. The van der Waals surface area contributed by atoms with Crippen LogP contribution in [-0.2, 0) is 0 Å². The molecule has 1 amide bonds. The van der Waals surface area contributed by atoms with Crippen molar-refractivity contribution < 1.29 is 4.79 Å². The second-order valence-corrected chi connectivity index (χ2v) is 7.23. The van der Waals surface area contributed by atoms with Crippen LogP contribution < -0.4 is 10.2 Å². The van der Waals surface area contributed by atoms with Gasteiger partial charge in [-0.2, -0.15) is 5.10 Å². The van der Waals surface area contributed by atoms with Crippen LogP contribution in [0.1, 0.15) is 22.1 Å². The highest BCUT2D eigenvalue weighted by Gasteiger charge is 2.36. The summed E-state index contributed by atoms with van der Waals surface area (Å²) in [7, 11) is 0. The fourth-order valence-electron chi connectivity index (χ4n) is 3.45. The quantitative estimate of drug-likeness (QED) is 0.537. The first-order valence-corrected chi connectivity index (χ1v) is 9.52. The molecule has 5 nitrogen and oxygen atoms in total. The molecule has 1 aliphatic rings. The molecular formula is C21H16N4OS. The van der Waals surface area contributed by atoms with Crippen LogP contribution in [0.25, 0.3) is 10.6 Å². The molecule has 0 spiro atoms. The number of nitrogens with zero attached hydrogens (tertiary/aromatic N) is 2. The number of nitrogens with one attached hydrogen (secondary N) is 2. The zero-order chi connectivity index (χ0) is 18.2. The fourth-order valence-corrected chi connectivity index (χ4v) is 4.19. The molecule has 132 valence electrons. The van der Waals surface area contributed by atoms with Crippen LogP contribution in [0.5, 0.6) is 0 Å². The summed E-state index contributed by atoms with van der Waals surface area (Å²) in [6, 6.07) is 21.4. The summed E-state index contributed by atoms with van der Waals surface area (Å²) in [5.74, 6) is -0.0288. The molecule has 2 aromatic heterocycles. The van der Waals surface area contributed by atoms with Crippen molar-refractivity contribution in [1.82, 2.24) is 10.2 Å². The van der Waals surface area contributed by atoms with Crippen molar-refractivity contribution in [2.24, 2.45) is 0 Å². The van der Waals surface area contributed by atoms with Crippen LogP contribution in [0.3, 0.4) is 0 Å². The van der Waals surface area contributed by atoms with E-state index in [2.05, 4.69) is 15.5 Å². The highest BCUT2D eigenvalue weighted by molar-refractivity contribution is 7.13. The lowest BCUT2D eigenvalue weighted by molar-refractivity contribution is 0.0975. The Kier molecular flexibility index (Phi) is 3.76. The van der Waals surface area contributed by atoms with Gasteiger partial charge in [-0.05, 0) is 35.7 Å². The Hall–Kier alpha value is -3.38. The van der Waals surface area contributed by atoms with Crippen LogP contribution in [-0.4, -0.2) is 16.1 Å². The van der Waals surface area contributed by atoms with Gasteiger partial charge in [0.05, 0.1) is 22.3 Å². The minimum atomic E-state index is -0.356. The number of carbonyl (C=O) groups excluding carboxylic acids is 1. The van der Waals surface area contributed by atoms with Gasteiger partial charge in [0.1, 0.15) is 6.17 Å². The van der Waals surface area contributed by atoms with Crippen molar-refractivity contribution in [3.63, 3.8) is 0 Å². The number of rotatable bonds is 3. The molecule has 4 aromatic rings. The van der Waals surface area contributed by atoms with Gasteiger partial charge in [0.2, 0.25) is 0 Å². The van der Waals surface area contributed by atoms with Crippen molar-refractivity contribution >= 4 is 28.6 Å². The minimum absolute atomic E-state index is 0.0288. The number of hydrogen-bond acceptors (Lipinski definition) is 4. The van der Waals surface area contributed by atoms with E-state index in [0.29, 0.717) is 5.56 Å². The Labute approximate surface area is 160 Å². The van der Waals surface area contributed by atoms with E-state index in [-0.39, 0.29) is 12.1 Å². The first-order valence-electron chi connectivity index (χ1n) is 8.64. The molecule has 0 saturated carbocycles. The molecule has 0 bridgehead atoms. The van der Waals surface area contributed by atoms with Crippen molar-refractivity contribution in [1.29, 1.82) is 0 Å². The zero-order valence-electron chi connectivity index (χ0n) is 14.3. The van der Waals surface area contributed by atoms with Crippen molar-refractivity contribution in [3.05, 3.63) is 89.4 Å². The first-order chi connectivity index (χ1) is 13.3. The van der Waals surface area contributed by atoms with Crippen molar-refractivity contribution in [2.75, 3.05) is 10.2 Å². The average Bonchev–Trinajstić information content (AvgIpc) is 3.40. The Balaban J connectivity index is 1.68. The van der Waals surface area contributed by atoms with Gasteiger partial charge in [0.25, 0.3) is 5.91 Å². The monoisotopic (exact) mass is 372 g/mol. The number of fused-ring (bicyclic) bond motifs is 1. The van der Waals surface area contributed by atoms with Gasteiger partial charge in [0.15, 0.2) is 0 Å². The molecule has 2 N–H and O–H groups in total. The van der Waals surface area contributed by atoms with E-state index in [1.165, 1.54) is 0 Å². The van der Waals surface area contributed by atoms with E-state index in [1.807, 2.05) is 72.1 Å². The van der Waals surface area contributed by atoms with E-state index in [4.69, 9.17) is 0 Å². The molecule has 1 aliphatic heterocycles. The number of aromatic amines is 1. The highest BCUT2D eigenvalue weighted by Crippen LogP contribution is 2.39. The van der Waals surface area contributed by atoms with Gasteiger partial charge in [-0.25, -0.2) is 0 Å². The zero-order valence-corrected chi connectivity index (χ0v) is 15.1. The maximum atomic E-state index is 13.4. The maximum Gasteiger partial charge on any atom is 0.262 e. The average molecular weight is 372 g/mol. The largest absolute Gasteiger partial charge is 0.360 e. The predicted octanol–water partition coefficient (Wildman–Crippen LogP) is 4.91. The number of carbonyl (C=O) groups is 1. The third-order valence-corrected chi connectivity index (χ3v) is 5.58. The van der Waals surface area contributed by atoms with E-state index in [9.17, 15) is 4.79 Å². The minimum Gasteiger partial charge on any atom is -0.360 e. The van der Waals surface area contributed by atoms with Crippen molar-refractivity contribution in [2.45, 2.75) is 6.17 Å². The number of hydrogen-bond donors (Lipinski definition) is 2. The van der Waals surface area contributed by atoms with Gasteiger partial charge in [0, 0.05) is 16.9 Å². The second kappa shape index (κ2) is 6.41. The summed E-state index contributed by atoms with van der Waals surface area (Å²) in [4.78, 5) is 16.3. The molecule has 1 atom stereocenters. The maximum absolute atomic E-state index is 13.4. The smallest absolute Gasteiger partial charge is 0.262 e. The summed E-state index contributed by atoms with van der Waals surface area (Å²) in [5.41, 5.74) is 4.20. The Morgan fingerprint density at radius 1 is 0.963 bits per heavy atom. The molecular weight excluding hydrogens is 356 g/mol. The standard InChI is InChI=1S/C21H16N4OS/c26-21-15-9-4-5-10-17(15)23-20(25(21)14-7-2-1-3-8-14)16-13-22-24-19(16)18-11-6-12-27-18/h1-13,20,23H,(H,22,24). The number of aromatic nitrogens is 2. The lowest BCUT2D eigenvalue weighted by atomic mass is 10.0. The van der Waals surface area contributed by atoms with Gasteiger partial charge >= 0.3 is 0 Å². The van der Waals surface area contributed by atoms with Crippen LogP contribution in [0, 0.1) is 0 Å². The van der Waals surface area contributed by atoms with Crippen LogP contribution >= 0.6 is 11.3 Å². The van der Waals surface area contributed by atoms with E-state index < -0.39 is 0 Å². The molecule has 0 radical (unpaired) electrons. The molecule has 27 heavy (non-hydrogen) atoms. The first kappa shape index (κ1) is 15.8. The third-order valence-electron chi connectivity index (χ3n) is 4.69. The molecule has 0 saturated heterocycles. The number of H-pyrrole nitrogens is 1. The summed E-state index contributed by atoms with van der Waals surface area (Å²) in [6.07, 6.45) is 1.44. The van der Waals surface area contributed by atoms with Gasteiger partial charge in [-0.3, -0.25) is 14.8 Å². The lowest BCUT2D eigenvalue weighted by Crippen LogP contribution is -2.43. The number of thiophene rings is 1. The molecule has 2 aromatic carbocycles. The normalized spacial score (nSPS) is 16.1. The molecule has 6 heteroatoms. The van der Waals surface area contributed by atoms with Crippen LogP contribution in [0.15, 0.2) is 78.3 Å². The van der Waals surface area contributed by atoms with E-state index in [0.717, 1.165) is 27.5 Å². The number of anilines is 2. The van der Waals surface area contributed by atoms with Gasteiger partial charge < -0.3 is 5.32 Å². The molecule has 5 rings (SSSR count). The molecule has 0 aliphatic carbocycles. The van der Waals surface area contributed by atoms with Gasteiger partial charge in [-0.1, -0.05) is 36.4 Å². The Morgan fingerprint density at radius 2 is 1.78 bits per heavy atom. The Morgan fingerprint density at radius 3 is 2.59 bits per heavy atom. The second-order valence-electron chi connectivity index (χ2n) is 6.28. The molecule has 3 heterocycles. The predicted molar refractivity (Wildman–Crippen MR) is 108 cm³/mol. The fraction of sp³-hybridized carbons (Fsp3) is 0.0476. The number of para-hydroxylation sites is 2. The number of amides is 1. The summed E-state index contributed by atoms with van der Waals surface area (Å²) >= 11 is 1.64. The summed E-state index contributed by atoms with van der Waals surface area (Å²) in [5, 5.41) is 12.9. The Bertz CT molecular complexity index is 1090. The molecule has 0 fully saturated rings. The highest BCUT2D eigenvalue weighted by atomic mass is 32.1. The third kappa shape index (κ3) is 2.62. The van der Waals surface area contributed by atoms with Crippen LogP contribution in [0.4, 0.5) is 11.4 Å². The van der Waals surface area contributed by atoms with E-state index in [1.54, 1.807) is 22.4 Å². The summed E-state index contributed by atoms with van der Waals surface area (Å²) < 4.78 is 0. The molecule has 1 unspecified atom stereocenters. The van der Waals surface area contributed by atoms with Crippen LogP contribution in [0.2, 0.25) is 0 Å². The van der Waals surface area contributed by atoms with Gasteiger partial charge in [-0.15, -0.1) is 11.3 Å². The van der Waals surface area contributed by atoms with Crippen molar-refractivity contribution in [3.8, 4) is 10.6 Å².